The first-order valence-corrected chi connectivity index (χ1v) is 7.64. The van der Waals surface area contributed by atoms with Crippen molar-refractivity contribution < 1.29 is 19.7 Å². The fourth-order valence-electron chi connectivity index (χ4n) is 2.81. The standard InChI is InChI=1S/C18H18N2O4/c1-24-17-10-12(18(22)23)5-8-16(17)20-19-15-4-2-3-11-9-13(21)6-7-14(11)15/h5-10,20-21H,2-4H2,1H3,(H,22,23). The number of anilines is 1. The van der Waals surface area contributed by atoms with Gasteiger partial charge in [0, 0.05) is 5.56 Å². The fourth-order valence-corrected chi connectivity index (χ4v) is 2.81. The summed E-state index contributed by atoms with van der Waals surface area (Å²) in [5.41, 5.74) is 6.72. The van der Waals surface area contributed by atoms with E-state index in [0.29, 0.717) is 11.4 Å². The molecule has 0 bridgehead atoms. The maximum absolute atomic E-state index is 11.0. The van der Waals surface area contributed by atoms with Gasteiger partial charge < -0.3 is 14.9 Å². The molecule has 0 fully saturated rings. The minimum Gasteiger partial charge on any atom is -0.508 e. The number of fused-ring (bicyclic) bond motifs is 1. The van der Waals surface area contributed by atoms with E-state index in [1.165, 1.54) is 19.2 Å². The van der Waals surface area contributed by atoms with Crippen LogP contribution < -0.4 is 10.2 Å². The van der Waals surface area contributed by atoms with Crippen LogP contribution in [0.3, 0.4) is 0 Å². The van der Waals surface area contributed by atoms with Gasteiger partial charge in [-0.25, -0.2) is 4.79 Å². The number of carbonyl (C=O) groups is 1. The largest absolute Gasteiger partial charge is 0.508 e. The number of hydrogen-bond acceptors (Lipinski definition) is 5. The van der Waals surface area contributed by atoms with Gasteiger partial charge in [0.1, 0.15) is 11.5 Å². The molecule has 0 aromatic heterocycles. The number of methoxy groups -OCH3 is 1. The number of benzene rings is 2. The van der Waals surface area contributed by atoms with E-state index in [2.05, 4.69) is 10.5 Å². The number of phenols is 1. The number of carboxylic acids is 1. The van der Waals surface area contributed by atoms with E-state index in [1.807, 2.05) is 6.07 Å². The van der Waals surface area contributed by atoms with Crippen LogP contribution in [0.1, 0.15) is 34.3 Å². The van der Waals surface area contributed by atoms with Gasteiger partial charge >= 0.3 is 5.97 Å². The van der Waals surface area contributed by atoms with Crippen LogP contribution >= 0.6 is 0 Å². The Morgan fingerprint density at radius 1 is 1.21 bits per heavy atom. The van der Waals surface area contributed by atoms with E-state index < -0.39 is 5.97 Å². The summed E-state index contributed by atoms with van der Waals surface area (Å²) in [7, 11) is 1.48. The molecule has 3 N–H and O–H groups in total. The Bertz CT molecular complexity index is 815. The van der Waals surface area contributed by atoms with Gasteiger partial charge in [-0.3, -0.25) is 5.43 Å². The molecule has 1 aliphatic rings. The lowest BCUT2D eigenvalue weighted by Crippen LogP contribution is -2.13. The number of hydrazone groups is 1. The monoisotopic (exact) mass is 326 g/mol. The van der Waals surface area contributed by atoms with Crippen molar-refractivity contribution in [2.75, 3.05) is 12.5 Å². The molecular formula is C18H18N2O4. The Hall–Kier alpha value is -3.02. The summed E-state index contributed by atoms with van der Waals surface area (Å²) < 4.78 is 5.23. The molecule has 0 unspecified atom stereocenters. The quantitative estimate of drug-likeness (QED) is 0.750. The van der Waals surface area contributed by atoms with Crippen molar-refractivity contribution in [1.29, 1.82) is 0 Å². The van der Waals surface area contributed by atoms with E-state index in [4.69, 9.17) is 9.84 Å². The van der Waals surface area contributed by atoms with Gasteiger partial charge in [-0.15, -0.1) is 0 Å². The maximum atomic E-state index is 11.0. The molecule has 0 spiro atoms. The second kappa shape index (κ2) is 6.62. The van der Waals surface area contributed by atoms with Crippen LogP contribution in [0.4, 0.5) is 5.69 Å². The predicted octanol–water partition coefficient (Wildman–Crippen LogP) is 3.25. The number of rotatable bonds is 4. The Morgan fingerprint density at radius 3 is 2.79 bits per heavy atom. The summed E-state index contributed by atoms with van der Waals surface area (Å²) in [6.45, 7) is 0. The van der Waals surface area contributed by atoms with Crippen molar-refractivity contribution in [2.45, 2.75) is 19.3 Å². The van der Waals surface area contributed by atoms with Crippen LogP contribution in [0.25, 0.3) is 0 Å². The Labute approximate surface area is 139 Å². The first-order valence-electron chi connectivity index (χ1n) is 7.64. The molecule has 6 nitrogen and oxygen atoms in total. The van der Waals surface area contributed by atoms with E-state index in [0.717, 1.165) is 36.1 Å². The number of carboxylic acid groups (broad SMARTS) is 1. The van der Waals surface area contributed by atoms with Crippen LogP contribution in [0.5, 0.6) is 11.5 Å². The normalized spacial score (nSPS) is 15.0. The fraction of sp³-hybridized carbons (Fsp3) is 0.222. The Morgan fingerprint density at radius 2 is 2.04 bits per heavy atom. The smallest absolute Gasteiger partial charge is 0.335 e. The zero-order valence-electron chi connectivity index (χ0n) is 13.2. The average molecular weight is 326 g/mol. The van der Waals surface area contributed by atoms with E-state index in [1.54, 1.807) is 18.2 Å². The molecule has 0 heterocycles. The van der Waals surface area contributed by atoms with Gasteiger partial charge in [0.15, 0.2) is 0 Å². The zero-order chi connectivity index (χ0) is 17.1. The summed E-state index contributed by atoms with van der Waals surface area (Å²) in [5.74, 6) is -0.331. The van der Waals surface area contributed by atoms with Crippen LogP contribution in [0, 0.1) is 0 Å². The Balaban J connectivity index is 1.88. The zero-order valence-corrected chi connectivity index (χ0v) is 13.2. The van der Waals surface area contributed by atoms with E-state index in [-0.39, 0.29) is 11.3 Å². The molecule has 3 rings (SSSR count). The first-order chi connectivity index (χ1) is 11.6. The van der Waals surface area contributed by atoms with Crippen molar-refractivity contribution in [3.63, 3.8) is 0 Å². The molecule has 0 amide bonds. The van der Waals surface area contributed by atoms with Gasteiger partial charge in [-0.1, -0.05) is 0 Å². The second-order valence-corrected chi connectivity index (χ2v) is 5.59. The summed E-state index contributed by atoms with van der Waals surface area (Å²) in [4.78, 5) is 11.0. The van der Waals surface area contributed by atoms with E-state index in [9.17, 15) is 9.90 Å². The topological polar surface area (TPSA) is 91.2 Å². The summed E-state index contributed by atoms with van der Waals surface area (Å²) >= 11 is 0. The van der Waals surface area contributed by atoms with Gasteiger partial charge in [-0.2, -0.15) is 5.10 Å². The molecule has 0 aliphatic heterocycles. The molecular weight excluding hydrogens is 308 g/mol. The molecule has 0 atom stereocenters. The van der Waals surface area contributed by atoms with Crippen molar-refractivity contribution in [2.24, 2.45) is 5.10 Å². The SMILES string of the molecule is COc1cc(C(=O)O)ccc1NN=C1CCCc2cc(O)ccc21. The predicted molar refractivity (Wildman–Crippen MR) is 91.2 cm³/mol. The number of hydrogen-bond donors (Lipinski definition) is 3. The summed E-state index contributed by atoms with van der Waals surface area (Å²) in [5, 5.41) is 23.1. The molecule has 2 aromatic carbocycles. The molecule has 6 heteroatoms. The third-order valence-corrected chi connectivity index (χ3v) is 4.02. The van der Waals surface area contributed by atoms with Crippen molar-refractivity contribution in [3.8, 4) is 11.5 Å². The lowest BCUT2D eigenvalue weighted by Gasteiger charge is -2.18. The Kier molecular flexibility index (Phi) is 4.37. The molecule has 0 radical (unpaired) electrons. The highest BCUT2D eigenvalue weighted by Gasteiger charge is 2.16. The second-order valence-electron chi connectivity index (χ2n) is 5.59. The van der Waals surface area contributed by atoms with Gasteiger partial charge in [0.05, 0.1) is 24.1 Å². The number of phenolic OH excluding ortho intramolecular Hbond substituents is 1. The minimum atomic E-state index is -1.01. The summed E-state index contributed by atoms with van der Waals surface area (Å²) in [6, 6.07) is 9.88. The lowest BCUT2D eigenvalue weighted by atomic mass is 9.90. The molecule has 0 saturated heterocycles. The molecule has 24 heavy (non-hydrogen) atoms. The number of nitrogens with one attached hydrogen (secondary N) is 1. The minimum absolute atomic E-state index is 0.156. The lowest BCUT2D eigenvalue weighted by molar-refractivity contribution is 0.0696. The average Bonchev–Trinajstić information content (AvgIpc) is 2.59. The van der Waals surface area contributed by atoms with Crippen LogP contribution in [-0.2, 0) is 6.42 Å². The third kappa shape index (κ3) is 3.17. The molecule has 124 valence electrons. The van der Waals surface area contributed by atoms with E-state index >= 15 is 0 Å². The van der Waals surface area contributed by atoms with Crippen LogP contribution in [0.2, 0.25) is 0 Å². The number of aryl methyl sites for hydroxylation is 1. The van der Waals surface area contributed by atoms with Crippen molar-refractivity contribution in [1.82, 2.24) is 0 Å². The van der Waals surface area contributed by atoms with Gasteiger partial charge in [0.25, 0.3) is 0 Å². The summed E-state index contributed by atoms with van der Waals surface area (Å²) in [6.07, 6.45) is 2.71. The highest BCUT2D eigenvalue weighted by Crippen LogP contribution is 2.28. The van der Waals surface area contributed by atoms with Crippen molar-refractivity contribution >= 4 is 17.4 Å². The highest BCUT2D eigenvalue weighted by atomic mass is 16.5. The number of nitrogens with zero attached hydrogens (tertiary/aromatic N) is 1. The van der Waals surface area contributed by atoms with Crippen LogP contribution in [0.15, 0.2) is 41.5 Å². The highest BCUT2D eigenvalue weighted by molar-refractivity contribution is 6.03. The van der Waals surface area contributed by atoms with Gasteiger partial charge in [0.2, 0.25) is 0 Å². The van der Waals surface area contributed by atoms with Crippen molar-refractivity contribution in [3.05, 3.63) is 53.1 Å². The van der Waals surface area contributed by atoms with Gasteiger partial charge in [-0.05, 0) is 61.2 Å². The maximum Gasteiger partial charge on any atom is 0.335 e. The van der Waals surface area contributed by atoms with Crippen LogP contribution in [-0.4, -0.2) is 29.0 Å². The molecule has 0 saturated carbocycles. The molecule has 1 aliphatic carbocycles. The number of ether oxygens (including phenoxy) is 1. The first kappa shape index (κ1) is 15.9. The third-order valence-electron chi connectivity index (χ3n) is 4.02. The number of aromatic carboxylic acids is 1. The molecule has 2 aromatic rings. The number of aromatic hydroxyl groups is 1.